The quantitative estimate of drug-likeness (QED) is 0.557. The second kappa shape index (κ2) is 9.64. The van der Waals surface area contributed by atoms with Crippen molar-refractivity contribution in [1.29, 1.82) is 0 Å². The van der Waals surface area contributed by atoms with Crippen molar-refractivity contribution < 1.29 is 4.74 Å². The standard InChI is InChI=1S/C24H31N3O.ClH/c1-18-19(2)27(15-16-28-3)23-22(18)9-12-25-24(23)26-13-10-21(11-14-26)17-20-7-5-4-6-8-20;/h4-9,12,21H,10-11,13-17H2,1-3H3;1H. The molecule has 1 aliphatic heterocycles. The van der Waals surface area contributed by atoms with Crippen molar-refractivity contribution in [1.82, 2.24) is 9.55 Å². The highest BCUT2D eigenvalue weighted by molar-refractivity contribution is 5.93. The highest BCUT2D eigenvalue weighted by atomic mass is 35.5. The normalized spacial score (nSPS) is 14.9. The lowest BCUT2D eigenvalue weighted by molar-refractivity contribution is 0.188. The van der Waals surface area contributed by atoms with Gasteiger partial charge < -0.3 is 14.2 Å². The molecule has 0 aliphatic carbocycles. The molecule has 4 nitrogen and oxygen atoms in total. The van der Waals surface area contributed by atoms with E-state index in [1.54, 1.807) is 7.11 Å². The van der Waals surface area contributed by atoms with Crippen LogP contribution in [0.2, 0.25) is 0 Å². The predicted octanol–water partition coefficient (Wildman–Crippen LogP) is 5.18. The number of aromatic nitrogens is 2. The molecule has 156 valence electrons. The lowest BCUT2D eigenvalue weighted by Crippen LogP contribution is -2.35. The predicted molar refractivity (Wildman–Crippen MR) is 123 cm³/mol. The van der Waals surface area contributed by atoms with Crippen molar-refractivity contribution in [2.45, 2.75) is 39.7 Å². The zero-order valence-corrected chi connectivity index (χ0v) is 18.5. The maximum atomic E-state index is 5.36. The number of pyridine rings is 1. The Morgan fingerprint density at radius 3 is 2.48 bits per heavy atom. The first-order valence-electron chi connectivity index (χ1n) is 10.4. The summed E-state index contributed by atoms with van der Waals surface area (Å²) < 4.78 is 7.76. The number of benzene rings is 1. The first kappa shape index (κ1) is 21.7. The molecular formula is C24H32ClN3O. The number of ether oxygens (including phenoxy) is 1. The van der Waals surface area contributed by atoms with Gasteiger partial charge in [-0.2, -0.15) is 0 Å². The fourth-order valence-electron chi connectivity index (χ4n) is 4.57. The minimum Gasteiger partial charge on any atom is -0.383 e. The lowest BCUT2D eigenvalue weighted by atomic mass is 9.90. The van der Waals surface area contributed by atoms with Crippen LogP contribution in [0.3, 0.4) is 0 Å². The summed E-state index contributed by atoms with van der Waals surface area (Å²) in [6.07, 6.45) is 5.61. The first-order valence-corrected chi connectivity index (χ1v) is 10.4. The van der Waals surface area contributed by atoms with Crippen molar-refractivity contribution in [3.05, 3.63) is 59.4 Å². The van der Waals surface area contributed by atoms with E-state index in [2.05, 4.69) is 59.7 Å². The summed E-state index contributed by atoms with van der Waals surface area (Å²) >= 11 is 0. The Hall–Kier alpha value is -2.04. The average Bonchev–Trinajstić information content (AvgIpc) is 2.98. The summed E-state index contributed by atoms with van der Waals surface area (Å²) in [4.78, 5) is 7.32. The molecule has 0 atom stereocenters. The monoisotopic (exact) mass is 413 g/mol. The zero-order valence-electron chi connectivity index (χ0n) is 17.7. The fourth-order valence-corrected chi connectivity index (χ4v) is 4.57. The molecule has 2 aromatic heterocycles. The number of fused-ring (bicyclic) bond motifs is 1. The topological polar surface area (TPSA) is 30.3 Å². The van der Waals surface area contributed by atoms with Crippen molar-refractivity contribution in [2.24, 2.45) is 5.92 Å². The summed E-state index contributed by atoms with van der Waals surface area (Å²) in [6.45, 7) is 8.18. The van der Waals surface area contributed by atoms with E-state index in [0.29, 0.717) is 0 Å². The molecule has 0 N–H and O–H groups in total. The van der Waals surface area contributed by atoms with Crippen molar-refractivity contribution in [3.8, 4) is 0 Å². The van der Waals surface area contributed by atoms with E-state index in [4.69, 9.17) is 9.72 Å². The molecule has 4 rings (SSSR count). The van der Waals surface area contributed by atoms with Crippen LogP contribution in [0.1, 0.15) is 29.7 Å². The van der Waals surface area contributed by atoms with Crippen molar-refractivity contribution in [3.63, 3.8) is 0 Å². The van der Waals surface area contributed by atoms with Gasteiger partial charge in [0.1, 0.15) is 0 Å². The molecule has 3 aromatic rings. The second-order valence-electron chi connectivity index (χ2n) is 8.01. The molecule has 3 heterocycles. The molecule has 29 heavy (non-hydrogen) atoms. The van der Waals surface area contributed by atoms with E-state index in [9.17, 15) is 0 Å². The molecule has 0 spiro atoms. The van der Waals surface area contributed by atoms with Crippen LogP contribution < -0.4 is 4.90 Å². The number of hydrogen-bond donors (Lipinski definition) is 0. The number of anilines is 1. The van der Waals surface area contributed by atoms with Gasteiger partial charge in [-0.25, -0.2) is 4.98 Å². The molecule has 0 radical (unpaired) electrons. The third kappa shape index (κ3) is 4.44. The van der Waals surface area contributed by atoms with Gasteiger partial charge in [-0.05, 0) is 56.2 Å². The van der Waals surface area contributed by atoms with Gasteiger partial charge in [-0.15, -0.1) is 12.4 Å². The number of aryl methyl sites for hydroxylation is 1. The van der Waals surface area contributed by atoms with Crippen LogP contribution in [-0.4, -0.2) is 36.4 Å². The average molecular weight is 414 g/mol. The summed E-state index contributed by atoms with van der Waals surface area (Å²) in [5.41, 5.74) is 5.41. The van der Waals surface area contributed by atoms with Crippen molar-refractivity contribution >= 4 is 29.1 Å². The van der Waals surface area contributed by atoms with Gasteiger partial charge >= 0.3 is 0 Å². The van der Waals surface area contributed by atoms with Crippen LogP contribution in [-0.2, 0) is 17.7 Å². The van der Waals surface area contributed by atoms with E-state index in [-0.39, 0.29) is 12.4 Å². The van der Waals surface area contributed by atoms with Gasteiger partial charge in [0, 0.05) is 44.0 Å². The molecule has 5 heteroatoms. The van der Waals surface area contributed by atoms with Crippen LogP contribution in [0.4, 0.5) is 5.82 Å². The maximum absolute atomic E-state index is 5.36. The summed E-state index contributed by atoms with van der Waals surface area (Å²) in [5.74, 6) is 1.91. The van der Waals surface area contributed by atoms with Gasteiger partial charge in [-0.3, -0.25) is 0 Å². The summed E-state index contributed by atoms with van der Waals surface area (Å²) in [7, 11) is 1.77. The minimum atomic E-state index is 0. The van der Waals surface area contributed by atoms with Gasteiger partial charge in [0.05, 0.1) is 12.1 Å². The minimum absolute atomic E-state index is 0. The van der Waals surface area contributed by atoms with Gasteiger partial charge in [0.25, 0.3) is 0 Å². The number of methoxy groups -OCH3 is 1. The summed E-state index contributed by atoms with van der Waals surface area (Å²) in [5, 5.41) is 1.32. The number of piperidine rings is 1. The Morgan fingerprint density at radius 2 is 1.79 bits per heavy atom. The highest BCUT2D eigenvalue weighted by Gasteiger charge is 2.24. The zero-order chi connectivity index (χ0) is 19.5. The molecule has 0 amide bonds. The summed E-state index contributed by atoms with van der Waals surface area (Å²) in [6, 6.07) is 13.1. The maximum Gasteiger partial charge on any atom is 0.153 e. The number of halogens is 1. The Bertz CT molecular complexity index is 930. The molecule has 0 unspecified atom stereocenters. The van der Waals surface area contributed by atoms with Crippen LogP contribution in [0.15, 0.2) is 42.6 Å². The van der Waals surface area contributed by atoms with Crippen LogP contribution in [0, 0.1) is 19.8 Å². The van der Waals surface area contributed by atoms with Gasteiger partial charge in [0.2, 0.25) is 0 Å². The smallest absolute Gasteiger partial charge is 0.153 e. The molecule has 1 fully saturated rings. The Labute approximate surface area is 180 Å². The molecule has 0 saturated carbocycles. The van der Waals surface area contributed by atoms with E-state index in [1.807, 2.05) is 6.20 Å². The Morgan fingerprint density at radius 1 is 1.07 bits per heavy atom. The molecule has 0 bridgehead atoms. The second-order valence-corrected chi connectivity index (χ2v) is 8.01. The SMILES string of the molecule is COCCn1c(C)c(C)c2ccnc(N3CCC(Cc4ccccc4)CC3)c21.Cl. The number of rotatable bonds is 6. The van der Waals surface area contributed by atoms with Gasteiger partial charge in [-0.1, -0.05) is 30.3 Å². The molecule has 1 saturated heterocycles. The van der Waals surface area contributed by atoms with Gasteiger partial charge in [0.15, 0.2) is 5.82 Å². The highest BCUT2D eigenvalue weighted by Crippen LogP contribution is 2.33. The number of nitrogens with zero attached hydrogens (tertiary/aromatic N) is 3. The van der Waals surface area contributed by atoms with E-state index in [1.165, 1.54) is 47.0 Å². The Kier molecular flexibility index (Phi) is 7.20. The fraction of sp³-hybridized carbons (Fsp3) is 0.458. The van der Waals surface area contributed by atoms with Crippen molar-refractivity contribution in [2.75, 3.05) is 31.7 Å². The van der Waals surface area contributed by atoms with E-state index < -0.39 is 0 Å². The van der Waals surface area contributed by atoms with Crippen LogP contribution in [0.25, 0.3) is 10.9 Å². The van der Waals surface area contributed by atoms with E-state index in [0.717, 1.165) is 38.0 Å². The molecule has 1 aliphatic rings. The largest absolute Gasteiger partial charge is 0.383 e. The third-order valence-electron chi connectivity index (χ3n) is 6.33. The third-order valence-corrected chi connectivity index (χ3v) is 6.33. The van der Waals surface area contributed by atoms with Crippen LogP contribution >= 0.6 is 12.4 Å². The molecule has 1 aromatic carbocycles. The van der Waals surface area contributed by atoms with Crippen LogP contribution in [0.5, 0.6) is 0 Å². The van der Waals surface area contributed by atoms with E-state index >= 15 is 0 Å². The lowest BCUT2D eigenvalue weighted by Gasteiger charge is -2.33. The molecular weight excluding hydrogens is 382 g/mol. The number of hydrogen-bond acceptors (Lipinski definition) is 3. The first-order chi connectivity index (χ1) is 13.7. The Balaban J connectivity index is 0.00000240.